The maximum absolute atomic E-state index is 6.28. The molecule has 0 aliphatic heterocycles. The van der Waals surface area contributed by atoms with Gasteiger partial charge >= 0.3 is 0 Å². The highest BCUT2D eigenvalue weighted by Crippen LogP contribution is 2.40. The van der Waals surface area contributed by atoms with Crippen molar-refractivity contribution in [2.45, 2.75) is 19.8 Å². The lowest BCUT2D eigenvalue weighted by molar-refractivity contribution is 0.927. The summed E-state index contributed by atoms with van der Waals surface area (Å²) in [5.74, 6) is 0.0768. The van der Waals surface area contributed by atoms with E-state index in [2.05, 4.69) is 27.8 Å². The van der Waals surface area contributed by atoms with Crippen LogP contribution in [-0.2, 0) is 0 Å². The van der Waals surface area contributed by atoms with Crippen molar-refractivity contribution in [1.82, 2.24) is 4.98 Å². The molecule has 96 valence electrons. The fourth-order valence-electron chi connectivity index (χ4n) is 1.93. The van der Waals surface area contributed by atoms with E-state index in [4.69, 9.17) is 28.9 Å². The minimum Gasteiger partial charge on any atom is -0.375 e. The summed E-state index contributed by atoms with van der Waals surface area (Å²) in [4.78, 5) is 5.33. The van der Waals surface area contributed by atoms with E-state index in [0.29, 0.717) is 15.2 Å². The monoisotopic (exact) mass is 364 g/mol. The van der Waals surface area contributed by atoms with E-state index in [-0.39, 0.29) is 5.92 Å². The zero-order valence-electron chi connectivity index (χ0n) is 9.80. The molecule has 0 aliphatic carbocycles. The van der Waals surface area contributed by atoms with Crippen molar-refractivity contribution >= 4 is 55.6 Å². The zero-order chi connectivity index (χ0) is 13.4. The second-order valence-corrected chi connectivity index (χ2v) is 6.80. The molecule has 0 saturated carbocycles. The van der Waals surface area contributed by atoms with Gasteiger partial charge in [0, 0.05) is 25.3 Å². The van der Waals surface area contributed by atoms with Gasteiger partial charge in [-0.05, 0) is 24.6 Å². The average Bonchev–Trinajstić information content (AvgIpc) is 2.56. The van der Waals surface area contributed by atoms with Gasteiger partial charge < -0.3 is 5.73 Å². The topological polar surface area (TPSA) is 38.9 Å². The van der Waals surface area contributed by atoms with E-state index in [1.54, 1.807) is 0 Å². The van der Waals surface area contributed by atoms with Crippen molar-refractivity contribution in [3.8, 4) is 0 Å². The summed E-state index contributed by atoms with van der Waals surface area (Å²) in [5.41, 5.74) is 7.57. The van der Waals surface area contributed by atoms with E-state index in [9.17, 15) is 0 Å². The molecular formula is C12H11BrCl2N2S. The molecule has 2 aromatic rings. The summed E-state index contributed by atoms with van der Waals surface area (Å²) < 4.78 is 0.869. The first-order valence-electron chi connectivity index (χ1n) is 5.27. The number of nitrogens with zero attached hydrogens (tertiary/aromatic N) is 1. The number of nitrogens with two attached hydrogens (primary N) is 1. The fraction of sp³-hybridized carbons (Fsp3) is 0.250. The van der Waals surface area contributed by atoms with Crippen molar-refractivity contribution in [2.75, 3.05) is 5.73 Å². The van der Waals surface area contributed by atoms with Crippen LogP contribution in [0.4, 0.5) is 5.13 Å². The Labute approximate surface area is 128 Å². The molecule has 2 nitrogen and oxygen atoms in total. The Kier molecular flexibility index (Phi) is 4.22. The quantitative estimate of drug-likeness (QED) is 0.788. The maximum atomic E-state index is 6.28. The van der Waals surface area contributed by atoms with Gasteiger partial charge in [0.05, 0.1) is 5.69 Å². The standard InChI is InChI=1S/C12H11BrCl2N2S/c1-5(11-6(2)17-12(16)18-11)10-8(14)3-7(13)4-9(10)15/h3-5H,1-2H3,(H2,16,17). The van der Waals surface area contributed by atoms with Crippen molar-refractivity contribution in [3.63, 3.8) is 0 Å². The number of aromatic nitrogens is 1. The Balaban J connectivity index is 2.52. The number of hydrogen-bond donors (Lipinski definition) is 1. The van der Waals surface area contributed by atoms with Gasteiger partial charge in [0.2, 0.25) is 0 Å². The second-order valence-electron chi connectivity index (χ2n) is 4.01. The number of aryl methyl sites for hydroxylation is 1. The first kappa shape index (κ1) is 14.1. The van der Waals surface area contributed by atoms with E-state index in [1.165, 1.54) is 11.3 Å². The largest absolute Gasteiger partial charge is 0.375 e. The Morgan fingerprint density at radius 2 is 1.89 bits per heavy atom. The fourth-order valence-corrected chi connectivity index (χ4v) is 4.36. The highest BCUT2D eigenvalue weighted by Gasteiger charge is 2.20. The lowest BCUT2D eigenvalue weighted by Crippen LogP contribution is -1.98. The molecule has 0 spiro atoms. The molecule has 2 rings (SSSR count). The molecule has 0 bridgehead atoms. The van der Waals surface area contributed by atoms with Gasteiger partial charge in [0.15, 0.2) is 5.13 Å². The van der Waals surface area contributed by atoms with Gasteiger partial charge in [-0.25, -0.2) is 4.98 Å². The van der Waals surface area contributed by atoms with Gasteiger partial charge in [-0.1, -0.05) is 46.1 Å². The normalized spacial score (nSPS) is 12.7. The molecule has 1 unspecified atom stereocenters. The smallest absolute Gasteiger partial charge is 0.180 e. The molecule has 0 radical (unpaired) electrons. The molecule has 18 heavy (non-hydrogen) atoms. The van der Waals surface area contributed by atoms with Crippen molar-refractivity contribution in [1.29, 1.82) is 0 Å². The second kappa shape index (κ2) is 5.37. The van der Waals surface area contributed by atoms with Crippen LogP contribution in [-0.4, -0.2) is 4.98 Å². The van der Waals surface area contributed by atoms with Crippen LogP contribution in [0.25, 0.3) is 0 Å². The lowest BCUT2D eigenvalue weighted by atomic mass is 9.98. The molecule has 0 amide bonds. The lowest BCUT2D eigenvalue weighted by Gasteiger charge is -2.15. The van der Waals surface area contributed by atoms with Crippen LogP contribution in [0.2, 0.25) is 10.0 Å². The number of nitrogen functional groups attached to an aromatic ring is 1. The molecule has 6 heteroatoms. The molecule has 0 aliphatic rings. The number of rotatable bonds is 2. The molecule has 1 heterocycles. The number of thiazole rings is 1. The minimum absolute atomic E-state index is 0.0768. The summed E-state index contributed by atoms with van der Waals surface area (Å²) in [6.07, 6.45) is 0. The van der Waals surface area contributed by atoms with Crippen LogP contribution < -0.4 is 5.73 Å². The highest BCUT2D eigenvalue weighted by atomic mass is 79.9. The predicted molar refractivity (Wildman–Crippen MR) is 82.9 cm³/mol. The van der Waals surface area contributed by atoms with E-state index < -0.39 is 0 Å². The van der Waals surface area contributed by atoms with Crippen LogP contribution in [0.1, 0.15) is 29.0 Å². The van der Waals surface area contributed by atoms with Crippen LogP contribution in [0.5, 0.6) is 0 Å². The first-order valence-corrected chi connectivity index (χ1v) is 7.64. The third-order valence-electron chi connectivity index (χ3n) is 2.72. The first-order chi connectivity index (χ1) is 8.40. The zero-order valence-corrected chi connectivity index (χ0v) is 13.7. The van der Waals surface area contributed by atoms with E-state index >= 15 is 0 Å². The predicted octanol–water partition coefficient (Wildman–Crippen LogP) is 5.25. The Hall–Kier alpha value is -0.290. The van der Waals surface area contributed by atoms with Crippen LogP contribution in [0, 0.1) is 6.92 Å². The van der Waals surface area contributed by atoms with Gasteiger partial charge in [-0.3, -0.25) is 0 Å². The van der Waals surface area contributed by atoms with Crippen molar-refractivity contribution in [3.05, 3.63) is 42.8 Å². The Bertz CT molecular complexity index is 575. The molecular weight excluding hydrogens is 355 g/mol. The molecule has 0 saturated heterocycles. The van der Waals surface area contributed by atoms with Gasteiger partial charge in [-0.15, -0.1) is 11.3 Å². The molecule has 0 fully saturated rings. The SMILES string of the molecule is Cc1nc(N)sc1C(C)c1c(Cl)cc(Br)cc1Cl. The van der Waals surface area contributed by atoms with Gasteiger partial charge in [-0.2, -0.15) is 0 Å². The molecule has 1 atom stereocenters. The maximum Gasteiger partial charge on any atom is 0.180 e. The van der Waals surface area contributed by atoms with Gasteiger partial charge in [0.1, 0.15) is 0 Å². The number of hydrogen-bond acceptors (Lipinski definition) is 3. The Morgan fingerprint density at radius 1 is 1.33 bits per heavy atom. The minimum atomic E-state index is 0.0768. The third-order valence-corrected chi connectivity index (χ3v) is 4.97. The Morgan fingerprint density at radius 3 is 2.33 bits per heavy atom. The van der Waals surface area contributed by atoms with Crippen molar-refractivity contribution < 1.29 is 0 Å². The summed E-state index contributed by atoms with van der Waals surface area (Å²) in [6, 6.07) is 3.69. The number of halogens is 3. The summed E-state index contributed by atoms with van der Waals surface area (Å²) in [5, 5.41) is 1.86. The molecule has 2 N–H and O–H groups in total. The van der Waals surface area contributed by atoms with Gasteiger partial charge in [0.25, 0.3) is 0 Å². The summed E-state index contributed by atoms with van der Waals surface area (Å²) in [6.45, 7) is 4.00. The average molecular weight is 366 g/mol. The summed E-state index contributed by atoms with van der Waals surface area (Å²) >= 11 is 17.4. The molecule has 1 aromatic carbocycles. The van der Waals surface area contributed by atoms with E-state index in [0.717, 1.165) is 20.6 Å². The van der Waals surface area contributed by atoms with E-state index in [1.807, 2.05) is 19.1 Å². The number of anilines is 1. The van der Waals surface area contributed by atoms with Crippen LogP contribution in [0.15, 0.2) is 16.6 Å². The highest BCUT2D eigenvalue weighted by molar-refractivity contribution is 9.10. The molecule has 1 aromatic heterocycles. The van der Waals surface area contributed by atoms with Crippen molar-refractivity contribution in [2.24, 2.45) is 0 Å². The third kappa shape index (κ3) is 2.67. The number of benzene rings is 1. The van der Waals surface area contributed by atoms with Crippen LogP contribution >= 0.6 is 50.5 Å². The van der Waals surface area contributed by atoms with Crippen LogP contribution in [0.3, 0.4) is 0 Å². The summed E-state index contributed by atoms with van der Waals surface area (Å²) in [7, 11) is 0.